The van der Waals surface area contributed by atoms with Crippen LogP contribution in [0.4, 0.5) is 13.2 Å². The van der Waals surface area contributed by atoms with Crippen LogP contribution >= 0.6 is 0 Å². The van der Waals surface area contributed by atoms with Crippen LogP contribution in [0.5, 0.6) is 0 Å². The molecule has 12 saturated carbocycles. The quantitative estimate of drug-likeness (QED) is 0.139. The molecule has 0 heterocycles. The van der Waals surface area contributed by atoms with Gasteiger partial charge in [-0.05, 0) is 354 Å². The van der Waals surface area contributed by atoms with Crippen molar-refractivity contribution in [3.8, 4) is 0 Å². The van der Waals surface area contributed by atoms with E-state index in [9.17, 15) is 0 Å². The van der Waals surface area contributed by atoms with E-state index in [1.807, 2.05) is 0 Å². The van der Waals surface area contributed by atoms with E-state index >= 15 is 13.2 Å². The van der Waals surface area contributed by atoms with Gasteiger partial charge < -0.3 is 49.3 Å². The molecular formula is C85H173F3O9. The molecule has 0 aromatic rings. The highest BCUT2D eigenvalue weighted by molar-refractivity contribution is 4.95. The van der Waals surface area contributed by atoms with Gasteiger partial charge in [-0.1, -0.05) is 164 Å². The standard InChI is InChI=1S/C31H55F.C28H49F.C26H45F.9H2O.3H2/c1-3-5-7-24-8-12-25(13-9-24)26-16-18-27(19-17-26)29-20-21-30(31(32)22-29)28-14-10-23(6-4-2)11-15-28;1-3-4-21-7-11-25(12-8-21)27-18-17-26(19-28(27)29)24-15-13-23(14-16-24)22-9-5-20(2)6-10-22;1-18-3-7-20(8-4-18)21-11-13-22(14-12-21)24-15-16-25(26(27)17-24)23-9-5-19(2)6-10-23;;;;;;;;;;;;/h23-31H,3-22H2,1-2H3;20-28H,3-19H2,1-2H3;18-26H,3-17H2,1-2H3;9*1H2;3*1H. The molecule has 9 atom stereocenters. The summed E-state index contributed by atoms with van der Waals surface area (Å²) in [4.78, 5) is 0. The van der Waals surface area contributed by atoms with E-state index in [0.717, 1.165) is 108 Å². The van der Waals surface area contributed by atoms with Crippen LogP contribution in [0.1, 0.15) is 380 Å². The SMILES string of the molecule is CC1CCC(C2CCC(C3CCC(C4CCC(C)CC4)C(F)C3)CC2)CC1.CCCC1CCC(C2CCC(C3CCC(C4CCC(C)CC4)CC3)CC2F)CC1.CCCCC1CCC(C2CCC(C3CCC(C4CCC(CCC)CC4)C(F)C3)CC2)CC1.O.O.O.O.O.O.O.O.O.[HH].[HH].[HH]. The van der Waals surface area contributed by atoms with E-state index in [2.05, 4.69) is 41.5 Å². The predicted octanol–water partition coefficient (Wildman–Crippen LogP) is 20.6. The van der Waals surface area contributed by atoms with Crippen molar-refractivity contribution in [1.82, 2.24) is 0 Å². The van der Waals surface area contributed by atoms with E-state index in [1.165, 1.54) is 315 Å². The fourth-order valence-corrected chi connectivity index (χ4v) is 24.9. The molecule has 9 nitrogen and oxygen atoms in total. The molecular weight excluding hydrogens is 1220 g/mol. The maximum Gasteiger partial charge on any atom is 0.103 e. The normalized spacial score (nSPS) is 42.3. The lowest BCUT2D eigenvalue weighted by Crippen LogP contribution is -2.37. The summed E-state index contributed by atoms with van der Waals surface area (Å²) in [5.74, 6) is 20.0. The van der Waals surface area contributed by atoms with Crippen LogP contribution in [0.3, 0.4) is 0 Å². The predicted molar refractivity (Wildman–Crippen MR) is 411 cm³/mol. The van der Waals surface area contributed by atoms with Crippen LogP contribution in [0.2, 0.25) is 0 Å². The molecule has 12 fully saturated rings. The second-order valence-electron chi connectivity index (χ2n) is 36.4. The largest absolute Gasteiger partial charge is 0.412 e. The summed E-state index contributed by atoms with van der Waals surface area (Å²) >= 11 is 0. The molecule has 0 spiro atoms. The van der Waals surface area contributed by atoms with Crippen LogP contribution in [0, 0.1) is 142 Å². The molecule has 0 aromatic carbocycles. The number of rotatable bonds is 16. The lowest BCUT2D eigenvalue weighted by atomic mass is 9.62. The van der Waals surface area contributed by atoms with E-state index in [-0.39, 0.29) is 53.6 Å². The van der Waals surface area contributed by atoms with Gasteiger partial charge in [-0.2, -0.15) is 0 Å². The minimum atomic E-state index is -0.488. The molecule has 588 valence electrons. The first-order valence-corrected chi connectivity index (χ1v) is 41.8. The van der Waals surface area contributed by atoms with Crippen LogP contribution < -0.4 is 0 Å². The Bertz CT molecular complexity index is 1890. The van der Waals surface area contributed by atoms with Crippen molar-refractivity contribution >= 4 is 0 Å². The maximum absolute atomic E-state index is 15.4. The monoisotopic (exact) mass is 1400 g/mol. The Morgan fingerprint density at radius 1 is 0.206 bits per heavy atom. The van der Waals surface area contributed by atoms with E-state index < -0.39 is 18.5 Å². The zero-order valence-electron chi connectivity index (χ0n) is 64.0. The van der Waals surface area contributed by atoms with Gasteiger partial charge in [0.25, 0.3) is 0 Å². The Kier molecular flexibility index (Phi) is 47.2. The van der Waals surface area contributed by atoms with Crippen LogP contribution in [-0.2, 0) is 0 Å². The van der Waals surface area contributed by atoms with Gasteiger partial charge in [-0.25, -0.2) is 13.2 Å². The van der Waals surface area contributed by atoms with Gasteiger partial charge in [0.2, 0.25) is 0 Å². The Balaban J connectivity index is -0.00000134. The Hall–Kier alpha value is -0.570. The Labute approximate surface area is 600 Å². The third kappa shape index (κ3) is 27.4. The highest BCUT2D eigenvalue weighted by Gasteiger charge is 2.45. The Morgan fingerprint density at radius 2 is 0.381 bits per heavy atom. The number of alkyl halides is 3. The molecule has 0 amide bonds. The van der Waals surface area contributed by atoms with Crippen molar-refractivity contribution in [1.29, 1.82) is 0 Å². The fourth-order valence-electron chi connectivity index (χ4n) is 24.9. The van der Waals surface area contributed by atoms with Crippen molar-refractivity contribution < 1.29 is 66.7 Å². The molecule has 0 aliphatic heterocycles. The summed E-state index contributed by atoms with van der Waals surface area (Å²) in [5.41, 5.74) is 0. The van der Waals surface area contributed by atoms with Crippen molar-refractivity contribution in [3.05, 3.63) is 0 Å². The number of halogens is 3. The van der Waals surface area contributed by atoms with Gasteiger partial charge in [0.15, 0.2) is 0 Å². The Morgan fingerprint density at radius 3 is 0.598 bits per heavy atom. The molecule has 9 unspecified atom stereocenters. The van der Waals surface area contributed by atoms with E-state index in [1.54, 1.807) is 0 Å². The first-order chi connectivity index (χ1) is 42.9. The summed E-state index contributed by atoms with van der Waals surface area (Å²) in [6.45, 7) is 14.2. The molecule has 12 heteroatoms. The maximum atomic E-state index is 15.4. The first-order valence-electron chi connectivity index (χ1n) is 41.8. The van der Waals surface area contributed by atoms with Crippen LogP contribution in [0.15, 0.2) is 0 Å². The van der Waals surface area contributed by atoms with Crippen molar-refractivity contribution in [2.45, 2.75) is 394 Å². The van der Waals surface area contributed by atoms with Crippen molar-refractivity contribution in [2.75, 3.05) is 0 Å². The van der Waals surface area contributed by atoms with Gasteiger partial charge in [-0.15, -0.1) is 0 Å². The molecule has 12 aliphatic carbocycles. The van der Waals surface area contributed by atoms with E-state index in [4.69, 9.17) is 0 Å². The molecule has 97 heavy (non-hydrogen) atoms. The summed E-state index contributed by atoms with van der Waals surface area (Å²) in [6, 6.07) is 0. The minimum absolute atomic E-state index is 0. The zero-order chi connectivity index (χ0) is 61.4. The van der Waals surface area contributed by atoms with Crippen molar-refractivity contribution in [2.24, 2.45) is 142 Å². The number of hydrogen-bond acceptors (Lipinski definition) is 0. The first kappa shape index (κ1) is 94.4. The summed E-state index contributed by atoms with van der Waals surface area (Å²) in [7, 11) is 0. The lowest BCUT2D eigenvalue weighted by Gasteiger charge is -2.44. The van der Waals surface area contributed by atoms with E-state index in [0.29, 0.717) is 53.3 Å². The second kappa shape index (κ2) is 48.5. The minimum Gasteiger partial charge on any atom is -0.412 e. The highest BCUT2D eigenvalue weighted by atomic mass is 19.1. The molecule has 0 bridgehead atoms. The topological polar surface area (TPSA) is 284 Å². The summed E-state index contributed by atoms with van der Waals surface area (Å²) in [5, 5.41) is 0. The molecule has 12 aliphatic rings. The summed E-state index contributed by atoms with van der Waals surface area (Å²) in [6.07, 6.45) is 70.0. The molecule has 0 aromatic heterocycles. The third-order valence-corrected chi connectivity index (χ3v) is 31.1. The smallest absolute Gasteiger partial charge is 0.103 e. The number of hydrogen-bond donors (Lipinski definition) is 0. The van der Waals surface area contributed by atoms with Gasteiger partial charge >= 0.3 is 0 Å². The zero-order valence-corrected chi connectivity index (χ0v) is 64.0. The average molecular weight is 1400 g/mol. The average Bonchev–Trinajstić information content (AvgIpc) is 0.827. The second-order valence-corrected chi connectivity index (χ2v) is 36.4. The molecule has 12 rings (SSSR count). The fraction of sp³-hybridized carbons (Fsp3) is 1.00. The highest BCUT2D eigenvalue weighted by Crippen LogP contribution is 2.54. The third-order valence-electron chi connectivity index (χ3n) is 31.1. The summed E-state index contributed by atoms with van der Waals surface area (Å²) < 4.78 is 45.8. The van der Waals surface area contributed by atoms with Crippen molar-refractivity contribution in [3.63, 3.8) is 0 Å². The van der Waals surface area contributed by atoms with Gasteiger partial charge in [0.05, 0.1) is 0 Å². The van der Waals surface area contributed by atoms with Crippen LogP contribution in [-0.4, -0.2) is 67.8 Å². The lowest BCUT2D eigenvalue weighted by molar-refractivity contribution is 0.0282. The van der Waals surface area contributed by atoms with Gasteiger partial charge in [0, 0.05) is 4.28 Å². The number of unbranched alkanes of at least 4 members (excludes halogenated alkanes) is 1. The van der Waals surface area contributed by atoms with Crippen LogP contribution in [0.25, 0.3) is 0 Å². The molecule has 0 saturated heterocycles. The molecule has 18 N–H and O–H groups in total. The molecule has 0 radical (unpaired) electrons. The van der Waals surface area contributed by atoms with Gasteiger partial charge in [-0.3, -0.25) is 0 Å². The van der Waals surface area contributed by atoms with Gasteiger partial charge in [0.1, 0.15) is 18.5 Å².